The molecule has 0 amide bonds. The Morgan fingerprint density at radius 1 is 1.38 bits per heavy atom. The lowest BCUT2D eigenvalue weighted by molar-refractivity contribution is -0.171. The maximum atomic E-state index is 12.7. The van der Waals surface area contributed by atoms with Crippen LogP contribution in [0.2, 0.25) is 0 Å². The van der Waals surface area contributed by atoms with Crippen LogP contribution < -0.4 is 0 Å². The summed E-state index contributed by atoms with van der Waals surface area (Å²) in [5.41, 5.74) is -1.25. The van der Waals surface area contributed by atoms with Crippen LogP contribution in [0.3, 0.4) is 0 Å². The van der Waals surface area contributed by atoms with Gasteiger partial charge in [-0.3, -0.25) is 14.4 Å². The molecular formula is C15H22O6. The lowest BCUT2D eigenvalue weighted by Crippen LogP contribution is -2.45. The van der Waals surface area contributed by atoms with Gasteiger partial charge in [0.1, 0.15) is 0 Å². The van der Waals surface area contributed by atoms with Crippen LogP contribution in [-0.4, -0.2) is 42.1 Å². The maximum Gasteiger partial charge on any atom is 0.321 e. The summed E-state index contributed by atoms with van der Waals surface area (Å²) in [4.78, 5) is 37.0. The molecule has 21 heavy (non-hydrogen) atoms. The Morgan fingerprint density at radius 2 is 2.05 bits per heavy atom. The van der Waals surface area contributed by atoms with Crippen molar-refractivity contribution >= 4 is 17.7 Å². The lowest BCUT2D eigenvalue weighted by Gasteiger charge is -2.38. The number of aliphatic hydroxyl groups is 1. The second-order valence-corrected chi connectivity index (χ2v) is 6.35. The lowest BCUT2D eigenvalue weighted by atomic mass is 9.64. The molecule has 2 rings (SSSR count). The van der Waals surface area contributed by atoms with Crippen molar-refractivity contribution in [1.29, 1.82) is 0 Å². The summed E-state index contributed by atoms with van der Waals surface area (Å²) in [6, 6.07) is 0. The number of methoxy groups -OCH3 is 1. The van der Waals surface area contributed by atoms with Crippen LogP contribution in [0.5, 0.6) is 0 Å². The zero-order valence-corrected chi connectivity index (χ0v) is 12.6. The highest BCUT2D eigenvalue weighted by Gasteiger charge is 2.55. The van der Waals surface area contributed by atoms with Gasteiger partial charge in [0.15, 0.2) is 17.3 Å². The van der Waals surface area contributed by atoms with Crippen LogP contribution in [-0.2, 0) is 23.9 Å². The Hall–Kier alpha value is -1.43. The number of hydrogen-bond donors (Lipinski definition) is 1. The van der Waals surface area contributed by atoms with Gasteiger partial charge < -0.3 is 14.6 Å². The molecule has 0 bridgehead atoms. The van der Waals surface area contributed by atoms with E-state index in [1.54, 1.807) is 13.8 Å². The number of ketones is 1. The summed E-state index contributed by atoms with van der Waals surface area (Å²) in [6.07, 6.45) is 2.08. The third-order valence-corrected chi connectivity index (χ3v) is 4.71. The first-order valence-electron chi connectivity index (χ1n) is 7.29. The Kier molecular flexibility index (Phi) is 4.37. The van der Waals surface area contributed by atoms with Crippen LogP contribution in [0, 0.1) is 23.7 Å². The molecule has 0 unspecified atom stereocenters. The van der Waals surface area contributed by atoms with E-state index in [1.807, 2.05) is 0 Å². The quantitative estimate of drug-likeness (QED) is 0.596. The van der Waals surface area contributed by atoms with Gasteiger partial charge in [0, 0.05) is 12.5 Å². The molecule has 6 heteroatoms. The summed E-state index contributed by atoms with van der Waals surface area (Å²) in [6.45, 7) is 2.94. The number of cyclic esters (lactones) is 1. The van der Waals surface area contributed by atoms with E-state index in [1.165, 1.54) is 7.11 Å². The van der Waals surface area contributed by atoms with Gasteiger partial charge in [-0.2, -0.15) is 0 Å². The number of ether oxygens (including phenoxy) is 2. The van der Waals surface area contributed by atoms with Crippen molar-refractivity contribution in [2.24, 2.45) is 23.7 Å². The molecule has 1 aliphatic carbocycles. The predicted molar refractivity (Wildman–Crippen MR) is 72.1 cm³/mol. The fourth-order valence-electron chi connectivity index (χ4n) is 3.69. The minimum absolute atomic E-state index is 0.157. The number of carbonyl (C=O) groups excluding carboxylic acids is 3. The second-order valence-electron chi connectivity index (χ2n) is 6.35. The number of fused-ring (bicyclic) bond motifs is 1. The number of aliphatic hydroxyl groups excluding tert-OH is 1. The predicted octanol–water partition coefficient (Wildman–Crippen LogP) is 0.705. The van der Waals surface area contributed by atoms with Crippen LogP contribution >= 0.6 is 0 Å². The summed E-state index contributed by atoms with van der Waals surface area (Å²) in [7, 11) is 1.21. The number of esters is 2. The van der Waals surface area contributed by atoms with Crippen LogP contribution in [0.4, 0.5) is 0 Å². The fourth-order valence-corrected chi connectivity index (χ4v) is 3.69. The molecule has 0 aromatic carbocycles. The molecule has 0 aromatic rings. The first-order chi connectivity index (χ1) is 9.83. The summed E-state index contributed by atoms with van der Waals surface area (Å²) >= 11 is 0. The highest BCUT2D eigenvalue weighted by molar-refractivity contribution is 6.01. The minimum Gasteiger partial charge on any atom is -0.468 e. The molecule has 2 aliphatic rings. The number of carbonyl (C=O) groups is 3. The molecule has 1 saturated carbocycles. The Labute approximate surface area is 123 Å². The zero-order chi connectivity index (χ0) is 15.8. The third-order valence-electron chi connectivity index (χ3n) is 4.71. The minimum atomic E-state index is -1.25. The van der Waals surface area contributed by atoms with Gasteiger partial charge in [0.25, 0.3) is 0 Å². The molecule has 1 aliphatic heterocycles. The summed E-state index contributed by atoms with van der Waals surface area (Å²) in [5.74, 6) is -4.00. The van der Waals surface area contributed by atoms with Crippen molar-refractivity contribution in [3.63, 3.8) is 0 Å². The SMILES string of the molecule is COC(=O)[C@@H]1C(=O)OC(C)(C)C(=O)[C@H]2CCC[C@@H](CO)[C@@H]12. The van der Waals surface area contributed by atoms with Gasteiger partial charge in [-0.25, -0.2) is 0 Å². The molecule has 2 fully saturated rings. The van der Waals surface area contributed by atoms with Crippen LogP contribution in [0.25, 0.3) is 0 Å². The van der Waals surface area contributed by atoms with Crippen LogP contribution in [0.15, 0.2) is 0 Å². The van der Waals surface area contributed by atoms with E-state index in [-0.39, 0.29) is 18.3 Å². The van der Waals surface area contributed by atoms with E-state index >= 15 is 0 Å². The standard InChI is InChI=1S/C15H22O6/c1-15(2)12(17)9-6-4-5-8(7-16)10(9)11(13(18)20-3)14(19)21-15/h8-11,16H,4-7H2,1-3H3/t8-,9-,10+,11+/m0/s1. The molecular weight excluding hydrogens is 276 g/mol. The van der Waals surface area contributed by atoms with Gasteiger partial charge in [-0.05, 0) is 38.5 Å². The topological polar surface area (TPSA) is 89.9 Å². The van der Waals surface area contributed by atoms with E-state index in [0.29, 0.717) is 12.8 Å². The highest BCUT2D eigenvalue weighted by Crippen LogP contribution is 2.45. The average Bonchev–Trinajstić information content (AvgIpc) is 2.52. The van der Waals surface area contributed by atoms with Crippen molar-refractivity contribution in [3.05, 3.63) is 0 Å². The number of rotatable bonds is 2. The van der Waals surface area contributed by atoms with E-state index in [0.717, 1.165) is 6.42 Å². The Morgan fingerprint density at radius 3 is 2.62 bits per heavy atom. The smallest absolute Gasteiger partial charge is 0.321 e. The normalized spacial score (nSPS) is 35.4. The molecule has 1 heterocycles. The van der Waals surface area contributed by atoms with Crippen molar-refractivity contribution in [3.8, 4) is 0 Å². The number of hydrogen-bond acceptors (Lipinski definition) is 6. The number of Topliss-reactive ketones (excluding diaryl/α,β-unsaturated/α-hetero) is 1. The monoisotopic (exact) mass is 298 g/mol. The molecule has 4 atom stereocenters. The van der Waals surface area contributed by atoms with E-state index < -0.39 is 35.3 Å². The van der Waals surface area contributed by atoms with Crippen LogP contribution in [0.1, 0.15) is 33.1 Å². The van der Waals surface area contributed by atoms with Crippen molar-refractivity contribution < 1.29 is 29.0 Å². The molecule has 0 radical (unpaired) electrons. The first kappa shape index (κ1) is 15.9. The van der Waals surface area contributed by atoms with Crippen molar-refractivity contribution in [2.45, 2.75) is 38.7 Å². The largest absolute Gasteiger partial charge is 0.468 e. The van der Waals surface area contributed by atoms with E-state index in [2.05, 4.69) is 0 Å². The third kappa shape index (κ3) is 2.69. The van der Waals surface area contributed by atoms with Gasteiger partial charge in [-0.15, -0.1) is 0 Å². The van der Waals surface area contributed by atoms with Gasteiger partial charge >= 0.3 is 11.9 Å². The fraction of sp³-hybridized carbons (Fsp3) is 0.800. The average molecular weight is 298 g/mol. The maximum absolute atomic E-state index is 12.7. The molecule has 1 N–H and O–H groups in total. The molecule has 0 aromatic heterocycles. The van der Waals surface area contributed by atoms with Crippen molar-refractivity contribution in [1.82, 2.24) is 0 Å². The van der Waals surface area contributed by atoms with E-state index in [4.69, 9.17) is 9.47 Å². The zero-order valence-electron chi connectivity index (χ0n) is 12.6. The van der Waals surface area contributed by atoms with Gasteiger partial charge in [-0.1, -0.05) is 6.42 Å². The van der Waals surface area contributed by atoms with E-state index in [9.17, 15) is 19.5 Å². The second kappa shape index (κ2) is 5.75. The van der Waals surface area contributed by atoms with Gasteiger partial charge in [0.05, 0.1) is 7.11 Å². The molecule has 118 valence electrons. The Balaban J connectivity index is 2.49. The summed E-state index contributed by atoms with van der Waals surface area (Å²) < 4.78 is 9.99. The molecule has 0 spiro atoms. The van der Waals surface area contributed by atoms with Crippen molar-refractivity contribution in [2.75, 3.05) is 13.7 Å². The Bertz CT molecular complexity index is 455. The highest BCUT2D eigenvalue weighted by atomic mass is 16.6. The van der Waals surface area contributed by atoms with Gasteiger partial charge in [0.2, 0.25) is 0 Å². The first-order valence-corrected chi connectivity index (χ1v) is 7.29. The molecule has 1 saturated heterocycles. The summed E-state index contributed by atoms with van der Waals surface area (Å²) in [5, 5.41) is 9.58. The molecule has 6 nitrogen and oxygen atoms in total.